The van der Waals surface area contributed by atoms with Gasteiger partial charge in [0.05, 0.1) is 13.0 Å². The molecular weight excluding hydrogens is 228 g/mol. The summed E-state index contributed by atoms with van der Waals surface area (Å²) < 4.78 is 10.5. The second-order valence-electron chi connectivity index (χ2n) is 3.36. The van der Waals surface area contributed by atoms with Gasteiger partial charge in [-0.25, -0.2) is 0 Å². The molecular formula is C11H11ClN2O2. The molecule has 2 aromatic rings. The molecule has 5 heteroatoms. The maximum atomic E-state index is 5.53. The Morgan fingerprint density at radius 2 is 2.25 bits per heavy atom. The number of hydrogen-bond donors (Lipinski definition) is 0. The lowest BCUT2D eigenvalue weighted by molar-refractivity contribution is 0.306. The Morgan fingerprint density at radius 3 is 2.94 bits per heavy atom. The molecule has 1 heterocycles. The maximum Gasteiger partial charge on any atom is 0.312 e. The van der Waals surface area contributed by atoms with Crippen molar-refractivity contribution in [3.63, 3.8) is 0 Å². The van der Waals surface area contributed by atoms with Crippen LogP contribution in [-0.2, 0) is 6.42 Å². The number of aryl methyl sites for hydroxylation is 1. The number of nitrogens with zero attached hydrogens (tertiary/aromatic N) is 2. The van der Waals surface area contributed by atoms with Gasteiger partial charge in [0.25, 0.3) is 0 Å². The third kappa shape index (κ3) is 2.97. The van der Waals surface area contributed by atoms with Crippen molar-refractivity contribution in [2.24, 2.45) is 0 Å². The topological polar surface area (TPSA) is 48.2 Å². The molecule has 0 N–H and O–H groups in total. The van der Waals surface area contributed by atoms with Gasteiger partial charge in [0.15, 0.2) is 0 Å². The van der Waals surface area contributed by atoms with Gasteiger partial charge >= 0.3 is 5.35 Å². The zero-order chi connectivity index (χ0) is 11.4. The lowest BCUT2D eigenvalue weighted by atomic mass is 10.2. The lowest BCUT2D eigenvalue weighted by Crippen LogP contribution is -2.01. The van der Waals surface area contributed by atoms with Crippen LogP contribution in [0.3, 0.4) is 0 Å². The number of hydrogen-bond acceptors (Lipinski definition) is 4. The molecule has 2 rings (SSSR count). The van der Waals surface area contributed by atoms with Crippen LogP contribution < -0.4 is 4.74 Å². The molecule has 0 fully saturated rings. The van der Waals surface area contributed by atoms with Crippen LogP contribution in [0.15, 0.2) is 28.7 Å². The third-order valence-electron chi connectivity index (χ3n) is 2.02. The van der Waals surface area contributed by atoms with E-state index in [-0.39, 0.29) is 5.35 Å². The summed E-state index contributed by atoms with van der Waals surface area (Å²) in [6.07, 6.45) is 0.549. The fraction of sp³-hybridized carbons (Fsp3) is 0.273. The van der Waals surface area contributed by atoms with E-state index in [9.17, 15) is 0 Å². The van der Waals surface area contributed by atoms with Crippen molar-refractivity contribution in [3.8, 4) is 5.75 Å². The minimum absolute atomic E-state index is 0.0607. The molecule has 0 aliphatic carbocycles. The summed E-state index contributed by atoms with van der Waals surface area (Å²) in [5.74, 6) is 1.32. The number of halogens is 1. The van der Waals surface area contributed by atoms with E-state index in [1.807, 2.05) is 31.2 Å². The molecule has 0 aliphatic heterocycles. The van der Waals surface area contributed by atoms with Crippen molar-refractivity contribution in [2.75, 3.05) is 6.61 Å². The van der Waals surface area contributed by atoms with Gasteiger partial charge in [-0.15, -0.1) is 5.10 Å². The SMILES string of the molecule is Cc1cccc(OCCc2nnc(Cl)o2)c1. The first-order valence-corrected chi connectivity index (χ1v) is 5.29. The maximum absolute atomic E-state index is 5.53. The summed E-state index contributed by atoms with van der Waals surface area (Å²) in [5, 5.41) is 7.35. The van der Waals surface area contributed by atoms with Crippen LogP contribution in [0.25, 0.3) is 0 Å². The van der Waals surface area contributed by atoms with Gasteiger partial charge in [0, 0.05) is 0 Å². The van der Waals surface area contributed by atoms with Gasteiger partial charge in [-0.05, 0) is 36.2 Å². The summed E-state index contributed by atoms with van der Waals surface area (Å²) in [6.45, 7) is 2.51. The summed E-state index contributed by atoms with van der Waals surface area (Å²) in [6, 6.07) is 7.85. The number of benzene rings is 1. The Balaban J connectivity index is 1.84. The van der Waals surface area contributed by atoms with Crippen LogP contribution in [0.4, 0.5) is 0 Å². The number of ether oxygens (including phenoxy) is 1. The predicted molar refractivity (Wildman–Crippen MR) is 59.7 cm³/mol. The molecule has 16 heavy (non-hydrogen) atoms. The van der Waals surface area contributed by atoms with Gasteiger partial charge < -0.3 is 9.15 Å². The smallest absolute Gasteiger partial charge is 0.312 e. The van der Waals surface area contributed by atoms with Crippen molar-refractivity contribution in [1.82, 2.24) is 10.2 Å². The van der Waals surface area contributed by atoms with Crippen LogP contribution in [0, 0.1) is 6.92 Å². The van der Waals surface area contributed by atoms with Gasteiger partial charge in [0.1, 0.15) is 5.75 Å². The molecule has 4 nitrogen and oxygen atoms in total. The molecule has 0 aliphatic rings. The van der Waals surface area contributed by atoms with E-state index in [1.165, 1.54) is 5.56 Å². The molecule has 1 aromatic carbocycles. The van der Waals surface area contributed by atoms with Crippen LogP contribution in [0.5, 0.6) is 5.75 Å². The van der Waals surface area contributed by atoms with E-state index in [1.54, 1.807) is 0 Å². The molecule has 0 saturated carbocycles. The lowest BCUT2D eigenvalue weighted by Gasteiger charge is -2.04. The standard InChI is InChI=1S/C11H11ClN2O2/c1-8-3-2-4-9(7-8)15-6-5-10-13-14-11(12)16-10/h2-4,7H,5-6H2,1H3. The van der Waals surface area contributed by atoms with E-state index in [2.05, 4.69) is 10.2 Å². The summed E-state index contributed by atoms with van der Waals surface area (Å²) in [4.78, 5) is 0. The normalized spacial score (nSPS) is 10.4. The molecule has 0 bridgehead atoms. The molecule has 0 atom stereocenters. The first kappa shape index (κ1) is 11.0. The first-order chi connectivity index (χ1) is 7.74. The van der Waals surface area contributed by atoms with Crippen LogP contribution in [-0.4, -0.2) is 16.8 Å². The van der Waals surface area contributed by atoms with Crippen molar-refractivity contribution in [3.05, 3.63) is 41.1 Å². The number of aromatic nitrogens is 2. The van der Waals surface area contributed by atoms with Crippen molar-refractivity contribution < 1.29 is 9.15 Å². The highest BCUT2D eigenvalue weighted by Gasteiger charge is 2.03. The van der Waals surface area contributed by atoms with Crippen LogP contribution in [0.2, 0.25) is 5.35 Å². The molecule has 0 amide bonds. The largest absolute Gasteiger partial charge is 0.493 e. The first-order valence-electron chi connectivity index (χ1n) is 4.91. The minimum atomic E-state index is 0.0607. The van der Waals surface area contributed by atoms with E-state index in [0.717, 1.165) is 5.75 Å². The Bertz CT molecular complexity index is 471. The van der Waals surface area contributed by atoms with Gasteiger partial charge in [-0.3, -0.25) is 0 Å². The highest BCUT2D eigenvalue weighted by atomic mass is 35.5. The Kier molecular flexibility index (Phi) is 3.41. The van der Waals surface area contributed by atoms with Gasteiger partial charge in [-0.1, -0.05) is 17.2 Å². The van der Waals surface area contributed by atoms with E-state index in [0.29, 0.717) is 18.9 Å². The van der Waals surface area contributed by atoms with Crippen LogP contribution in [0.1, 0.15) is 11.5 Å². The van der Waals surface area contributed by atoms with Gasteiger partial charge in [-0.2, -0.15) is 0 Å². The third-order valence-corrected chi connectivity index (χ3v) is 2.17. The second kappa shape index (κ2) is 4.99. The average Bonchev–Trinajstić information content (AvgIpc) is 2.64. The van der Waals surface area contributed by atoms with Gasteiger partial charge in [0.2, 0.25) is 5.89 Å². The summed E-state index contributed by atoms with van der Waals surface area (Å²) in [7, 11) is 0. The highest BCUT2D eigenvalue weighted by molar-refractivity contribution is 6.27. The van der Waals surface area contributed by atoms with Crippen LogP contribution >= 0.6 is 11.6 Å². The van der Waals surface area contributed by atoms with E-state index < -0.39 is 0 Å². The molecule has 0 saturated heterocycles. The highest BCUT2D eigenvalue weighted by Crippen LogP contribution is 2.13. The molecule has 0 unspecified atom stereocenters. The van der Waals surface area contributed by atoms with E-state index >= 15 is 0 Å². The Labute approximate surface area is 98.2 Å². The van der Waals surface area contributed by atoms with Crippen molar-refractivity contribution in [2.45, 2.75) is 13.3 Å². The minimum Gasteiger partial charge on any atom is -0.493 e. The molecule has 1 aromatic heterocycles. The number of rotatable bonds is 4. The zero-order valence-electron chi connectivity index (χ0n) is 8.81. The summed E-state index contributed by atoms with van der Waals surface area (Å²) >= 11 is 5.50. The average molecular weight is 239 g/mol. The zero-order valence-corrected chi connectivity index (χ0v) is 9.57. The monoisotopic (exact) mass is 238 g/mol. The molecule has 84 valence electrons. The quantitative estimate of drug-likeness (QED) is 0.822. The fourth-order valence-electron chi connectivity index (χ4n) is 1.30. The van der Waals surface area contributed by atoms with Crippen molar-refractivity contribution in [1.29, 1.82) is 0 Å². The molecule has 0 radical (unpaired) electrons. The van der Waals surface area contributed by atoms with Crippen molar-refractivity contribution >= 4 is 11.6 Å². The Hall–Kier alpha value is -1.55. The fourth-order valence-corrected chi connectivity index (χ4v) is 1.42. The second-order valence-corrected chi connectivity index (χ2v) is 3.69. The molecule has 0 spiro atoms. The Morgan fingerprint density at radius 1 is 1.38 bits per heavy atom. The predicted octanol–water partition coefficient (Wildman–Crippen LogP) is 2.65. The summed E-state index contributed by atoms with van der Waals surface area (Å²) in [5.41, 5.74) is 1.17. The van der Waals surface area contributed by atoms with E-state index in [4.69, 9.17) is 20.8 Å².